The van der Waals surface area contributed by atoms with Gasteiger partial charge in [-0.05, 0) is 68.8 Å². The van der Waals surface area contributed by atoms with Gasteiger partial charge in [0.1, 0.15) is 23.7 Å². The molecule has 0 aromatic heterocycles. The van der Waals surface area contributed by atoms with Crippen molar-refractivity contribution in [3.8, 4) is 0 Å². The monoisotopic (exact) mass is 724 g/mol. The molecule has 1 aliphatic heterocycles. The number of piperidine rings is 1. The number of alkyl carbamates (subject to hydrolysis) is 1. The van der Waals surface area contributed by atoms with Crippen molar-refractivity contribution in [1.82, 2.24) is 31.1 Å². The summed E-state index contributed by atoms with van der Waals surface area (Å²) in [6.07, 6.45) is 2.21. The lowest BCUT2D eigenvalue weighted by Gasteiger charge is -2.40. The van der Waals surface area contributed by atoms with Crippen LogP contribution in [0.5, 0.6) is 0 Å². The highest BCUT2D eigenvalue weighted by molar-refractivity contribution is 6.38. The van der Waals surface area contributed by atoms with Crippen molar-refractivity contribution in [2.45, 2.75) is 116 Å². The van der Waals surface area contributed by atoms with E-state index in [0.29, 0.717) is 30.7 Å². The van der Waals surface area contributed by atoms with E-state index in [4.69, 9.17) is 4.74 Å². The molecule has 3 aliphatic rings. The van der Waals surface area contributed by atoms with Crippen molar-refractivity contribution in [1.29, 1.82) is 0 Å². The molecule has 14 nitrogen and oxygen atoms in total. The lowest BCUT2D eigenvalue weighted by molar-refractivity contribution is -0.148. The predicted octanol–water partition coefficient (Wildman–Crippen LogP) is 2.47. The minimum Gasteiger partial charge on any atom is -0.444 e. The Bertz CT molecular complexity index is 1530. The van der Waals surface area contributed by atoms with Crippen molar-refractivity contribution < 1.29 is 38.3 Å². The van der Waals surface area contributed by atoms with E-state index >= 15 is 0 Å². The van der Waals surface area contributed by atoms with Gasteiger partial charge >= 0.3 is 6.09 Å². The standard InChI is InChI=1S/C38H56N6O8/c1-10-11-17-25(30(46)33(48)39-20-27(45)41-28(34(49)43(8)9)21-15-13-12-14-16-21)40-32(47)29-24-19-26(23-18-22(23)24)44(29)35(50)31(37(2,3)4)42-36(51)52-38(5,6)7/h12-16,22-26,28-29,31H,10-11,17-20H2,1-9H3,(H,39,48)(H,40,47)(H,41,45)(H,42,51)/t22?,23?,24?,25?,26?,28?,29-,31?/m0/s1. The topological polar surface area (TPSA) is 183 Å². The summed E-state index contributed by atoms with van der Waals surface area (Å²) in [6.45, 7) is 12.0. The first-order valence-corrected chi connectivity index (χ1v) is 18.2. The third-order valence-electron chi connectivity index (χ3n) is 10.0. The lowest BCUT2D eigenvalue weighted by Crippen LogP contribution is -2.62. The summed E-state index contributed by atoms with van der Waals surface area (Å²) in [7, 11) is 3.13. The molecule has 2 aliphatic carbocycles. The third-order valence-corrected chi connectivity index (χ3v) is 10.0. The lowest BCUT2D eigenvalue weighted by atomic mass is 9.85. The van der Waals surface area contributed by atoms with E-state index in [2.05, 4.69) is 21.3 Å². The number of fused-ring (bicyclic) bond motifs is 5. The number of benzene rings is 1. The van der Waals surface area contributed by atoms with Gasteiger partial charge in [-0.3, -0.25) is 28.8 Å². The van der Waals surface area contributed by atoms with Gasteiger partial charge in [0, 0.05) is 20.1 Å². The summed E-state index contributed by atoms with van der Waals surface area (Å²) < 4.78 is 5.46. The zero-order chi connectivity index (χ0) is 38.7. The Morgan fingerprint density at radius 1 is 0.885 bits per heavy atom. The summed E-state index contributed by atoms with van der Waals surface area (Å²) in [5.41, 5.74) is -0.943. The Morgan fingerprint density at radius 2 is 1.54 bits per heavy atom. The van der Waals surface area contributed by atoms with Crippen LogP contribution in [0.4, 0.5) is 4.79 Å². The number of nitrogens with one attached hydrogen (secondary N) is 4. The molecule has 3 fully saturated rings. The van der Waals surface area contributed by atoms with Gasteiger partial charge in [-0.2, -0.15) is 0 Å². The summed E-state index contributed by atoms with van der Waals surface area (Å²) >= 11 is 0. The number of likely N-dealkylation sites (N-methyl/N-ethyl adjacent to an activating group) is 1. The van der Waals surface area contributed by atoms with Crippen LogP contribution in [-0.2, 0) is 33.5 Å². The first-order valence-electron chi connectivity index (χ1n) is 18.2. The Balaban J connectivity index is 1.46. The zero-order valence-corrected chi connectivity index (χ0v) is 31.9. The van der Waals surface area contributed by atoms with E-state index in [1.54, 1.807) is 70.1 Å². The number of carbonyl (C=O) groups excluding carboxylic acids is 7. The highest BCUT2D eigenvalue weighted by atomic mass is 16.6. The maximum absolute atomic E-state index is 14.3. The SMILES string of the molecule is CCCCC(NC(=O)[C@@H]1C2CC(C3CC32)N1C(=O)C(NC(=O)OC(C)(C)C)C(C)(C)C)C(=O)C(=O)NCC(=O)NC(C(=O)N(C)C)c1ccccc1. The van der Waals surface area contributed by atoms with Crippen molar-refractivity contribution >= 4 is 41.4 Å². The molecule has 8 atom stereocenters. The van der Waals surface area contributed by atoms with Crippen LogP contribution in [0.3, 0.4) is 0 Å². The molecule has 4 N–H and O–H groups in total. The highest BCUT2D eigenvalue weighted by Crippen LogP contribution is 2.63. The maximum atomic E-state index is 14.3. The Hall–Kier alpha value is -4.49. The van der Waals surface area contributed by atoms with E-state index < -0.39 is 77.2 Å². The van der Waals surface area contributed by atoms with Crippen molar-refractivity contribution in [3.05, 3.63) is 35.9 Å². The fourth-order valence-corrected chi connectivity index (χ4v) is 7.48. The molecule has 1 aromatic rings. The average molecular weight is 725 g/mol. The van der Waals surface area contributed by atoms with Gasteiger partial charge in [0.15, 0.2) is 0 Å². The van der Waals surface area contributed by atoms with Crippen LogP contribution in [-0.4, -0.2) is 102 Å². The molecule has 7 unspecified atom stereocenters. The zero-order valence-electron chi connectivity index (χ0n) is 31.9. The normalized spacial score (nSPS) is 23.3. The molecule has 1 saturated heterocycles. The van der Waals surface area contributed by atoms with Gasteiger partial charge < -0.3 is 35.8 Å². The second-order valence-corrected chi connectivity index (χ2v) is 16.6. The Morgan fingerprint density at radius 3 is 2.12 bits per heavy atom. The van der Waals surface area contributed by atoms with Crippen molar-refractivity contribution in [2.24, 2.45) is 23.2 Å². The number of ketones is 1. The molecule has 1 heterocycles. The average Bonchev–Trinajstić information content (AvgIpc) is 3.68. The van der Waals surface area contributed by atoms with Crippen molar-refractivity contribution in [2.75, 3.05) is 20.6 Å². The van der Waals surface area contributed by atoms with Crippen LogP contribution in [0, 0.1) is 23.2 Å². The Labute approximate surface area is 306 Å². The van der Waals surface area contributed by atoms with Crippen LogP contribution < -0.4 is 21.3 Å². The Kier molecular flexibility index (Phi) is 12.4. The molecular weight excluding hydrogens is 668 g/mol. The van der Waals surface area contributed by atoms with Gasteiger partial charge in [-0.1, -0.05) is 70.9 Å². The van der Waals surface area contributed by atoms with Crippen LogP contribution in [0.15, 0.2) is 30.3 Å². The number of unbranched alkanes of at least 4 members (excludes halogenated alkanes) is 1. The van der Waals surface area contributed by atoms with Gasteiger partial charge in [-0.25, -0.2) is 4.79 Å². The molecule has 0 radical (unpaired) electrons. The van der Waals surface area contributed by atoms with Crippen LogP contribution in [0.2, 0.25) is 0 Å². The number of Topliss-reactive ketones (excluding diaryl/α,β-unsaturated/α-hetero) is 1. The molecule has 2 bridgehead atoms. The van der Waals surface area contributed by atoms with Gasteiger partial charge in [0.05, 0.1) is 12.6 Å². The summed E-state index contributed by atoms with van der Waals surface area (Å²) in [6, 6.07) is 4.44. The third kappa shape index (κ3) is 9.48. The van der Waals surface area contributed by atoms with E-state index in [1.807, 2.05) is 27.7 Å². The minimum absolute atomic E-state index is 0.108. The van der Waals surface area contributed by atoms with E-state index in [1.165, 1.54) is 4.90 Å². The smallest absolute Gasteiger partial charge is 0.408 e. The predicted molar refractivity (Wildman–Crippen MR) is 192 cm³/mol. The maximum Gasteiger partial charge on any atom is 0.408 e. The van der Waals surface area contributed by atoms with E-state index in [9.17, 15) is 33.6 Å². The second kappa shape index (κ2) is 16.0. The molecule has 14 heteroatoms. The van der Waals surface area contributed by atoms with Gasteiger partial charge in [0.2, 0.25) is 29.4 Å². The van der Waals surface area contributed by atoms with Crippen LogP contribution in [0.1, 0.15) is 92.2 Å². The van der Waals surface area contributed by atoms with Crippen molar-refractivity contribution in [3.63, 3.8) is 0 Å². The van der Waals surface area contributed by atoms with E-state index in [0.717, 1.165) is 6.42 Å². The number of likely N-dealkylation sites (tertiary alicyclic amines) is 1. The number of hydrogen-bond donors (Lipinski definition) is 4. The number of carbonyl (C=O) groups is 7. The highest BCUT2D eigenvalue weighted by Gasteiger charge is 2.68. The van der Waals surface area contributed by atoms with Gasteiger partial charge in [-0.15, -0.1) is 0 Å². The van der Waals surface area contributed by atoms with Crippen LogP contribution >= 0.6 is 0 Å². The van der Waals surface area contributed by atoms with E-state index in [-0.39, 0.29) is 30.2 Å². The number of amides is 6. The summed E-state index contributed by atoms with van der Waals surface area (Å²) in [5.74, 6) is -3.46. The summed E-state index contributed by atoms with van der Waals surface area (Å²) in [4.78, 5) is 96.6. The first kappa shape index (κ1) is 40.3. The fourth-order valence-electron chi connectivity index (χ4n) is 7.48. The molecule has 0 spiro atoms. The van der Waals surface area contributed by atoms with Crippen LogP contribution in [0.25, 0.3) is 0 Å². The quantitative estimate of drug-likeness (QED) is 0.211. The number of hydrogen-bond acceptors (Lipinski definition) is 8. The number of ether oxygens (including phenoxy) is 1. The largest absolute Gasteiger partial charge is 0.444 e. The van der Waals surface area contributed by atoms with Gasteiger partial charge in [0.25, 0.3) is 5.91 Å². The second-order valence-electron chi connectivity index (χ2n) is 16.6. The molecule has 6 amide bonds. The molecule has 1 aromatic carbocycles. The minimum atomic E-state index is -1.19. The number of rotatable bonds is 14. The fraction of sp³-hybridized carbons (Fsp3) is 0.658. The number of nitrogens with zero attached hydrogens (tertiary/aromatic N) is 2. The molecule has 2 saturated carbocycles. The molecule has 4 rings (SSSR count). The first-order chi connectivity index (χ1) is 24.2. The molecule has 286 valence electrons. The summed E-state index contributed by atoms with van der Waals surface area (Å²) in [5, 5.41) is 10.5. The molecule has 52 heavy (non-hydrogen) atoms. The molecular formula is C38H56N6O8.